The molecule has 17 heavy (non-hydrogen) atoms. The molecule has 0 aliphatic rings. The molecule has 0 aliphatic carbocycles. The zero-order valence-corrected chi connectivity index (χ0v) is 11.6. The van der Waals surface area contributed by atoms with Crippen LogP contribution in [0.1, 0.15) is 42.6 Å². The molecule has 1 amide bonds. The fraction of sp³-hybridized carbons (Fsp3) is 0.615. The van der Waals surface area contributed by atoms with Gasteiger partial charge in [-0.2, -0.15) is 11.3 Å². The van der Waals surface area contributed by atoms with E-state index in [9.17, 15) is 9.90 Å². The van der Waals surface area contributed by atoms with Crippen LogP contribution >= 0.6 is 11.3 Å². The first-order valence-corrected chi connectivity index (χ1v) is 6.94. The van der Waals surface area contributed by atoms with Crippen LogP contribution in [0.4, 0.5) is 0 Å². The third kappa shape index (κ3) is 3.30. The summed E-state index contributed by atoms with van der Waals surface area (Å²) in [5.74, 6) is -0.0384. The van der Waals surface area contributed by atoms with E-state index < -0.39 is 0 Å². The molecule has 0 spiro atoms. The van der Waals surface area contributed by atoms with Gasteiger partial charge in [0.15, 0.2) is 0 Å². The molecule has 0 aliphatic heterocycles. The Kier molecular flexibility index (Phi) is 5.15. The average Bonchev–Trinajstić information content (AvgIpc) is 2.78. The standard InChI is InChI=1S/C13H21NO2S/c1-4-13(5-2,9-15)8-14-12(16)11-7-17-6-10(11)3/h6-7,15H,4-5,8-9H2,1-3H3,(H,14,16). The Bertz CT molecular complexity index is 361. The number of aliphatic hydroxyl groups excluding tert-OH is 1. The van der Waals surface area contributed by atoms with E-state index in [0.717, 1.165) is 24.0 Å². The second-order valence-corrected chi connectivity index (χ2v) is 5.26. The Balaban J connectivity index is 2.62. The van der Waals surface area contributed by atoms with Gasteiger partial charge >= 0.3 is 0 Å². The molecule has 4 heteroatoms. The van der Waals surface area contributed by atoms with E-state index in [4.69, 9.17) is 0 Å². The van der Waals surface area contributed by atoms with Crippen molar-refractivity contribution in [1.29, 1.82) is 0 Å². The van der Waals surface area contributed by atoms with Crippen LogP contribution < -0.4 is 5.32 Å². The van der Waals surface area contributed by atoms with Gasteiger partial charge in [-0.25, -0.2) is 0 Å². The third-order valence-corrected chi connectivity index (χ3v) is 4.42. The summed E-state index contributed by atoms with van der Waals surface area (Å²) in [4.78, 5) is 11.9. The lowest BCUT2D eigenvalue weighted by molar-refractivity contribution is 0.0851. The topological polar surface area (TPSA) is 49.3 Å². The summed E-state index contributed by atoms with van der Waals surface area (Å²) in [7, 11) is 0. The minimum atomic E-state index is -0.181. The highest BCUT2D eigenvalue weighted by Crippen LogP contribution is 2.24. The summed E-state index contributed by atoms with van der Waals surface area (Å²) < 4.78 is 0. The van der Waals surface area contributed by atoms with Gasteiger partial charge in [-0.15, -0.1) is 0 Å². The SMILES string of the molecule is CCC(CC)(CO)CNC(=O)c1cscc1C. The van der Waals surface area contributed by atoms with E-state index in [0.29, 0.717) is 6.54 Å². The van der Waals surface area contributed by atoms with Crippen molar-refractivity contribution in [2.75, 3.05) is 13.2 Å². The lowest BCUT2D eigenvalue weighted by atomic mass is 9.83. The lowest BCUT2D eigenvalue weighted by Gasteiger charge is -2.29. The quantitative estimate of drug-likeness (QED) is 0.821. The summed E-state index contributed by atoms with van der Waals surface area (Å²) in [5, 5.41) is 16.2. The Labute approximate surface area is 107 Å². The zero-order chi connectivity index (χ0) is 12.9. The molecule has 0 unspecified atom stereocenters. The molecule has 1 heterocycles. The predicted octanol–water partition coefficient (Wildman–Crippen LogP) is 2.59. The van der Waals surface area contributed by atoms with Crippen LogP contribution in [0.5, 0.6) is 0 Å². The summed E-state index contributed by atoms with van der Waals surface area (Å²) >= 11 is 1.53. The van der Waals surface area contributed by atoms with E-state index in [1.165, 1.54) is 11.3 Å². The number of carbonyl (C=O) groups excluding carboxylic acids is 1. The molecule has 1 rings (SSSR count). The van der Waals surface area contributed by atoms with Gasteiger partial charge in [-0.3, -0.25) is 4.79 Å². The van der Waals surface area contributed by atoms with Crippen LogP contribution in [-0.2, 0) is 0 Å². The normalized spacial score (nSPS) is 11.5. The fourth-order valence-electron chi connectivity index (χ4n) is 1.74. The highest BCUT2D eigenvalue weighted by molar-refractivity contribution is 7.08. The van der Waals surface area contributed by atoms with Gasteiger partial charge in [0, 0.05) is 17.3 Å². The van der Waals surface area contributed by atoms with Crippen molar-refractivity contribution in [3.05, 3.63) is 21.9 Å². The summed E-state index contributed by atoms with van der Waals surface area (Å²) in [6.07, 6.45) is 1.73. The number of hydrogen-bond acceptors (Lipinski definition) is 3. The highest BCUT2D eigenvalue weighted by Gasteiger charge is 2.26. The maximum atomic E-state index is 11.9. The van der Waals surface area contributed by atoms with E-state index >= 15 is 0 Å². The van der Waals surface area contributed by atoms with Gasteiger partial charge in [0.25, 0.3) is 5.91 Å². The third-order valence-electron chi connectivity index (χ3n) is 3.56. The van der Waals surface area contributed by atoms with Gasteiger partial charge in [-0.05, 0) is 30.7 Å². The van der Waals surface area contributed by atoms with Crippen molar-refractivity contribution in [1.82, 2.24) is 5.32 Å². The molecule has 0 saturated heterocycles. The molecule has 0 bridgehead atoms. The monoisotopic (exact) mass is 255 g/mol. The number of nitrogens with one attached hydrogen (secondary N) is 1. The molecular formula is C13H21NO2S. The Morgan fingerprint density at radius 2 is 2.06 bits per heavy atom. The number of amides is 1. The van der Waals surface area contributed by atoms with Crippen LogP contribution in [0.15, 0.2) is 10.8 Å². The van der Waals surface area contributed by atoms with Gasteiger partial charge < -0.3 is 10.4 Å². The van der Waals surface area contributed by atoms with E-state index in [1.54, 1.807) is 0 Å². The minimum Gasteiger partial charge on any atom is -0.396 e. The number of aryl methyl sites for hydroxylation is 1. The van der Waals surface area contributed by atoms with Gasteiger partial charge in [0.1, 0.15) is 0 Å². The van der Waals surface area contributed by atoms with Crippen molar-refractivity contribution >= 4 is 17.2 Å². The molecule has 1 aromatic rings. The summed E-state index contributed by atoms with van der Waals surface area (Å²) in [6.45, 7) is 6.67. The number of carbonyl (C=O) groups is 1. The van der Waals surface area contributed by atoms with Crippen LogP contribution in [0.3, 0.4) is 0 Å². The molecule has 0 aromatic carbocycles. The number of hydrogen-bond donors (Lipinski definition) is 2. The van der Waals surface area contributed by atoms with Crippen LogP contribution in [0.25, 0.3) is 0 Å². The molecule has 2 N–H and O–H groups in total. The van der Waals surface area contributed by atoms with E-state index in [-0.39, 0.29) is 17.9 Å². The van der Waals surface area contributed by atoms with E-state index in [2.05, 4.69) is 5.32 Å². The number of rotatable bonds is 6. The molecule has 0 radical (unpaired) electrons. The Morgan fingerprint density at radius 3 is 2.47 bits per heavy atom. The maximum Gasteiger partial charge on any atom is 0.252 e. The number of thiophene rings is 1. The smallest absolute Gasteiger partial charge is 0.252 e. The predicted molar refractivity (Wildman–Crippen MR) is 71.5 cm³/mol. The fourth-order valence-corrected chi connectivity index (χ4v) is 2.56. The zero-order valence-electron chi connectivity index (χ0n) is 10.7. The van der Waals surface area contributed by atoms with Gasteiger partial charge in [-0.1, -0.05) is 13.8 Å². The van der Waals surface area contributed by atoms with Crippen LogP contribution in [0, 0.1) is 12.3 Å². The van der Waals surface area contributed by atoms with Gasteiger partial charge in [0.2, 0.25) is 0 Å². The summed E-state index contributed by atoms with van der Waals surface area (Å²) in [6, 6.07) is 0. The molecule has 0 saturated carbocycles. The molecule has 3 nitrogen and oxygen atoms in total. The van der Waals surface area contributed by atoms with E-state index in [1.807, 2.05) is 31.5 Å². The molecule has 0 atom stereocenters. The first kappa shape index (κ1) is 14.2. The number of aliphatic hydroxyl groups is 1. The second-order valence-electron chi connectivity index (χ2n) is 4.52. The second kappa shape index (κ2) is 6.17. The van der Waals surface area contributed by atoms with Crippen molar-refractivity contribution in [3.63, 3.8) is 0 Å². The average molecular weight is 255 g/mol. The van der Waals surface area contributed by atoms with Crippen LogP contribution in [0.2, 0.25) is 0 Å². The van der Waals surface area contributed by atoms with Crippen molar-refractivity contribution in [2.45, 2.75) is 33.6 Å². The first-order valence-electron chi connectivity index (χ1n) is 6.00. The van der Waals surface area contributed by atoms with Crippen molar-refractivity contribution < 1.29 is 9.90 Å². The molecule has 96 valence electrons. The van der Waals surface area contributed by atoms with Crippen molar-refractivity contribution in [2.24, 2.45) is 5.41 Å². The Hall–Kier alpha value is -0.870. The van der Waals surface area contributed by atoms with Crippen molar-refractivity contribution in [3.8, 4) is 0 Å². The lowest BCUT2D eigenvalue weighted by Crippen LogP contribution is -2.39. The van der Waals surface area contributed by atoms with Gasteiger partial charge in [0.05, 0.1) is 12.2 Å². The highest BCUT2D eigenvalue weighted by atomic mass is 32.1. The summed E-state index contributed by atoms with van der Waals surface area (Å²) in [5.41, 5.74) is 1.57. The maximum absolute atomic E-state index is 11.9. The molecule has 1 aromatic heterocycles. The minimum absolute atomic E-state index is 0.0384. The Morgan fingerprint density at radius 1 is 1.41 bits per heavy atom. The van der Waals surface area contributed by atoms with Crippen LogP contribution in [-0.4, -0.2) is 24.2 Å². The molecule has 0 fully saturated rings. The molecular weight excluding hydrogens is 234 g/mol. The largest absolute Gasteiger partial charge is 0.396 e. The first-order chi connectivity index (χ1) is 8.08.